The Morgan fingerprint density at radius 1 is 0.319 bits per heavy atom. The average molecular weight is 985 g/mol. The number of ether oxygens (including phenoxy) is 4. The molecule has 1 aliphatic carbocycles. The summed E-state index contributed by atoms with van der Waals surface area (Å²) in [6.45, 7) is 34.2. The van der Waals surface area contributed by atoms with Crippen LogP contribution in [0, 0.1) is 0 Å². The molecule has 0 N–H and O–H groups in total. The smallest absolute Gasteiger partial charge is 0.170 e. The summed E-state index contributed by atoms with van der Waals surface area (Å²) < 4.78 is 27.4. The summed E-state index contributed by atoms with van der Waals surface area (Å²) in [5.41, 5.74) is 10.5. The molecular formula is C64H88O8. The van der Waals surface area contributed by atoms with Crippen LogP contribution in [0.1, 0.15) is 229 Å². The quantitative estimate of drug-likeness (QED) is 0.0759. The second-order valence-corrected chi connectivity index (χ2v) is 24.5. The van der Waals surface area contributed by atoms with E-state index < -0.39 is 0 Å². The Balaban J connectivity index is 2.04. The van der Waals surface area contributed by atoms with Gasteiger partial charge in [-0.1, -0.05) is 159 Å². The number of rotatable bonds is 20. The highest BCUT2D eigenvalue weighted by Gasteiger charge is 2.30. The van der Waals surface area contributed by atoms with Crippen LogP contribution in [0.3, 0.4) is 0 Å². The van der Waals surface area contributed by atoms with Crippen molar-refractivity contribution in [1.29, 1.82) is 0 Å². The third kappa shape index (κ3) is 15.4. The molecule has 0 atom stereocenters. The van der Waals surface area contributed by atoms with E-state index in [0.29, 0.717) is 100 Å². The van der Waals surface area contributed by atoms with Crippen molar-refractivity contribution >= 4 is 23.1 Å². The highest BCUT2D eigenvalue weighted by Crippen LogP contribution is 2.44. The van der Waals surface area contributed by atoms with Crippen LogP contribution >= 0.6 is 0 Å². The highest BCUT2D eigenvalue weighted by atomic mass is 16.5. The Hall–Kier alpha value is -5.24. The maximum atomic E-state index is 13.5. The number of carbonyl (C=O) groups excluding carboxylic acids is 4. The summed E-state index contributed by atoms with van der Waals surface area (Å²) in [6, 6.07) is 17.8. The molecule has 8 heteroatoms. The Kier molecular flexibility index (Phi) is 19.4. The summed E-state index contributed by atoms with van der Waals surface area (Å²) in [7, 11) is 0. The van der Waals surface area contributed by atoms with E-state index in [9.17, 15) is 19.2 Å². The lowest BCUT2D eigenvalue weighted by atomic mass is 9.79. The van der Waals surface area contributed by atoms with Crippen molar-refractivity contribution in [3.8, 4) is 23.0 Å². The fraction of sp³-hybridized carbons (Fsp3) is 0.562. The minimum Gasteiger partial charge on any atom is -0.485 e. The lowest BCUT2D eigenvalue weighted by molar-refractivity contribution is -0.121. The van der Waals surface area contributed by atoms with Gasteiger partial charge in [-0.25, -0.2) is 0 Å². The van der Waals surface area contributed by atoms with Crippen LogP contribution in [0.2, 0.25) is 0 Å². The Labute approximate surface area is 433 Å². The fourth-order valence-corrected chi connectivity index (χ4v) is 9.38. The van der Waals surface area contributed by atoms with Crippen LogP contribution < -0.4 is 18.9 Å². The highest BCUT2D eigenvalue weighted by molar-refractivity contribution is 5.81. The number of ketones is 4. The van der Waals surface area contributed by atoms with Crippen LogP contribution in [0.4, 0.5) is 0 Å². The molecule has 0 saturated carbocycles. The van der Waals surface area contributed by atoms with Crippen LogP contribution in [0.5, 0.6) is 23.0 Å². The van der Waals surface area contributed by atoms with Gasteiger partial charge in [0.15, 0.2) is 23.1 Å². The molecule has 0 saturated heterocycles. The van der Waals surface area contributed by atoms with Gasteiger partial charge < -0.3 is 18.9 Å². The van der Waals surface area contributed by atoms with E-state index in [2.05, 4.69) is 132 Å². The molecule has 0 heterocycles. The molecule has 0 aromatic heterocycles. The van der Waals surface area contributed by atoms with Crippen LogP contribution in [0.15, 0.2) is 48.5 Å². The van der Waals surface area contributed by atoms with E-state index >= 15 is 0 Å². The van der Waals surface area contributed by atoms with Gasteiger partial charge >= 0.3 is 0 Å². The number of benzene rings is 4. The summed E-state index contributed by atoms with van der Waals surface area (Å²) >= 11 is 0. The van der Waals surface area contributed by atoms with E-state index in [-0.39, 0.29) is 71.2 Å². The molecule has 0 amide bonds. The zero-order valence-corrected chi connectivity index (χ0v) is 47.2. The number of hydrogen-bond acceptors (Lipinski definition) is 8. The molecular weight excluding hydrogens is 897 g/mol. The molecule has 1 aliphatic rings. The van der Waals surface area contributed by atoms with Gasteiger partial charge in [-0.05, 0) is 114 Å². The Bertz CT molecular complexity index is 2130. The third-order valence-corrected chi connectivity index (χ3v) is 13.6. The summed E-state index contributed by atoms with van der Waals surface area (Å²) in [4.78, 5) is 53.8. The summed E-state index contributed by atoms with van der Waals surface area (Å²) in [5.74, 6) is 2.63. The van der Waals surface area contributed by atoms with Gasteiger partial charge in [-0.15, -0.1) is 0 Å². The molecule has 8 nitrogen and oxygen atoms in total. The van der Waals surface area contributed by atoms with Gasteiger partial charge in [0.1, 0.15) is 49.4 Å². The Morgan fingerprint density at radius 2 is 0.472 bits per heavy atom. The van der Waals surface area contributed by atoms with Gasteiger partial charge in [0.25, 0.3) is 0 Å². The molecule has 72 heavy (non-hydrogen) atoms. The molecule has 8 bridgehead atoms. The minimum absolute atomic E-state index is 0.0209. The summed E-state index contributed by atoms with van der Waals surface area (Å²) in [5, 5.41) is 0. The molecule has 0 radical (unpaired) electrons. The maximum absolute atomic E-state index is 13.5. The first-order valence-corrected chi connectivity index (χ1v) is 26.9. The van der Waals surface area contributed by atoms with E-state index in [1.165, 1.54) is 0 Å². The maximum Gasteiger partial charge on any atom is 0.170 e. The van der Waals surface area contributed by atoms with Crippen molar-refractivity contribution in [2.45, 2.75) is 209 Å². The van der Waals surface area contributed by atoms with E-state index in [0.717, 1.165) is 66.8 Å². The van der Waals surface area contributed by atoms with Crippen molar-refractivity contribution in [2.24, 2.45) is 0 Å². The van der Waals surface area contributed by atoms with Crippen molar-refractivity contribution in [3.05, 3.63) is 115 Å². The molecule has 4 aromatic rings. The first kappa shape index (κ1) is 57.7. The molecule has 0 aliphatic heterocycles. The van der Waals surface area contributed by atoms with Crippen molar-refractivity contribution in [3.63, 3.8) is 0 Å². The predicted octanol–water partition coefficient (Wildman–Crippen LogP) is 14.5. The van der Waals surface area contributed by atoms with Gasteiger partial charge in [-0.3, -0.25) is 19.2 Å². The van der Waals surface area contributed by atoms with E-state index in [1.54, 1.807) is 0 Å². The number of hydrogen-bond donors (Lipinski definition) is 0. The van der Waals surface area contributed by atoms with Gasteiger partial charge in [0, 0.05) is 51.4 Å². The summed E-state index contributed by atoms with van der Waals surface area (Å²) in [6.07, 6.45) is 6.00. The fourth-order valence-electron chi connectivity index (χ4n) is 9.38. The second kappa shape index (κ2) is 24.2. The molecule has 0 spiro atoms. The van der Waals surface area contributed by atoms with Crippen molar-refractivity contribution in [2.75, 3.05) is 26.4 Å². The largest absolute Gasteiger partial charge is 0.485 e. The van der Waals surface area contributed by atoms with Crippen molar-refractivity contribution in [1.82, 2.24) is 0 Å². The monoisotopic (exact) mass is 985 g/mol. The number of carbonyl (C=O) groups is 4. The minimum atomic E-state index is -0.280. The molecule has 5 rings (SSSR count). The van der Waals surface area contributed by atoms with Gasteiger partial charge in [0.2, 0.25) is 0 Å². The molecule has 0 unspecified atom stereocenters. The number of fused-ring (bicyclic) bond motifs is 8. The predicted molar refractivity (Wildman–Crippen MR) is 293 cm³/mol. The zero-order chi connectivity index (χ0) is 53.3. The first-order chi connectivity index (χ1) is 33.7. The normalized spacial score (nSPS) is 13.1. The third-order valence-electron chi connectivity index (χ3n) is 13.6. The molecule has 0 fully saturated rings. The van der Waals surface area contributed by atoms with Gasteiger partial charge in [0.05, 0.1) is 0 Å². The number of Topliss-reactive ketones (excluding diaryl/α,β-unsaturated/α-hetero) is 4. The van der Waals surface area contributed by atoms with Crippen LogP contribution in [-0.4, -0.2) is 49.6 Å². The lowest BCUT2D eigenvalue weighted by Crippen LogP contribution is -2.20. The molecule has 392 valence electrons. The second-order valence-electron chi connectivity index (χ2n) is 24.5. The van der Waals surface area contributed by atoms with Crippen LogP contribution in [-0.2, 0) is 66.5 Å². The standard InChI is InChI=1S/C64H88O8/c1-17-21-53(65)37-69-57-41-25-43-31-50(62(8,9)10)33-45(58(43)70-38-54(66)22-18-2)27-47-35-52(64(14,15)16)36-48(60(47)72-40-56(68)24-20-4)28-46-34-51(63(11,12)13)32-44(59(46)71-39-55(67)23-19-3)26-42(57)30-49(29-41)61(5,6)7/h29-36H,17-28,37-40H2,1-16H3. The average Bonchev–Trinajstić information content (AvgIpc) is 3.26. The Morgan fingerprint density at radius 3 is 0.597 bits per heavy atom. The van der Waals surface area contributed by atoms with Crippen LogP contribution in [0.25, 0.3) is 0 Å². The molecule has 4 aromatic carbocycles. The van der Waals surface area contributed by atoms with E-state index in [4.69, 9.17) is 18.9 Å². The zero-order valence-electron chi connectivity index (χ0n) is 47.2. The topological polar surface area (TPSA) is 105 Å². The van der Waals surface area contributed by atoms with Crippen molar-refractivity contribution < 1.29 is 38.1 Å². The van der Waals surface area contributed by atoms with Gasteiger partial charge in [-0.2, -0.15) is 0 Å². The van der Waals surface area contributed by atoms with E-state index in [1.807, 2.05) is 27.7 Å². The SMILES string of the molecule is CCCC(=O)COc1c2cc(C(C)(C)C)cc1Cc1cc(C(C)(C)C)cc(c1OCC(=O)CCC)Cc1cc(C(C)(C)C)cc(c1OCC(=O)CCC)Cc1cc(C(C)(C)C)cc(c1OCC(=O)CCC)C2. The lowest BCUT2D eigenvalue weighted by Gasteiger charge is -2.29. The first-order valence-electron chi connectivity index (χ1n) is 26.9.